The molecule has 0 unspecified atom stereocenters. The monoisotopic (exact) mass is 186 g/mol. The van der Waals surface area contributed by atoms with Crippen LogP contribution in [-0.2, 0) is 0 Å². The van der Waals surface area contributed by atoms with Crippen LogP contribution in [0.4, 0.5) is 4.39 Å². The molecule has 0 amide bonds. The number of rotatable bonds is 1. The highest BCUT2D eigenvalue weighted by molar-refractivity contribution is 4.90. The SMILES string of the molecule is C[C@H]1CCN(C2CN(C)C2)C[C@@H]1F. The van der Waals surface area contributed by atoms with Crippen LogP contribution in [0.15, 0.2) is 0 Å². The molecule has 2 rings (SSSR count). The zero-order valence-electron chi connectivity index (χ0n) is 8.54. The number of hydrogen-bond acceptors (Lipinski definition) is 2. The Kier molecular flexibility index (Phi) is 2.56. The summed E-state index contributed by atoms with van der Waals surface area (Å²) in [4.78, 5) is 4.61. The lowest BCUT2D eigenvalue weighted by Gasteiger charge is -2.46. The topological polar surface area (TPSA) is 6.48 Å². The van der Waals surface area contributed by atoms with Gasteiger partial charge in [-0.25, -0.2) is 4.39 Å². The van der Waals surface area contributed by atoms with E-state index in [9.17, 15) is 4.39 Å². The average Bonchev–Trinajstić information content (AvgIpc) is 2.05. The molecule has 0 saturated carbocycles. The number of hydrogen-bond donors (Lipinski definition) is 0. The molecule has 0 N–H and O–H groups in total. The second-order valence-corrected chi connectivity index (χ2v) is 4.65. The molecule has 3 heteroatoms. The van der Waals surface area contributed by atoms with Gasteiger partial charge in [-0.15, -0.1) is 0 Å². The Labute approximate surface area is 79.7 Å². The third-order valence-corrected chi connectivity index (χ3v) is 3.46. The fourth-order valence-corrected chi connectivity index (χ4v) is 2.27. The second-order valence-electron chi connectivity index (χ2n) is 4.65. The first-order valence-electron chi connectivity index (χ1n) is 5.23. The van der Waals surface area contributed by atoms with Crippen molar-refractivity contribution in [2.75, 3.05) is 33.2 Å². The molecule has 0 bridgehead atoms. The second kappa shape index (κ2) is 3.54. The summed E-state index contributed by atoms with van der Waals surface area (Å²) in [5, 5.41) is 0. The molecular formula is C10H19FN2. The molecule has 2 nitrogen and oxygen atoms in total. The Balaban J connectivity index is 1.82. The lowest BCUT2D eigenvalue weighted by molar-refractivity contribution is -0.00000629. The molecule has 0 aliphatic carbocycles. The van der Waals surface area contributed by atoms with Crippen molar-refractivity contribution < 1.29 is 4.39 Å². The molecule has 0 aromatic heterocycles. The molecule has 2 aliphatic heterocycles. The lowest BCUT2D eigenvalue weighted by Crippen LogP contribution is -2.60. The molecule has 0 aromatic rings. The van der Waals surface area contributed by atoms with E-state index < -0.39 is 6.17 Å². The van der Waals surface area contributed by atoms with E-state index in [1.807, 2.05) is 6.92 Å². The van der Waals surface area contributed by atoms with E-state index in [1.54, 1.807) is 0 Å². The highest BCUT2D eigenvalue weighted by Crippen LogP contribution is 2.24. The maximum Gasteiger partial charge on any atom is 0.115 e. The van der Waals surface area contributed by atoms with Gasteiger partial charge in [-0.05, 0) is 25.9 Å². The quantitative estimate of drug-likeness (QED) is 0.602. The molecule has 2 heterocycles. The van der Waals surface area contributed by atoms with Gasteiger partial charge in [-0.1, -0.05) is 6.92 Å². The molecule has 0 spiro atoms. The van der Waals surface area contributed by atoms with Gasteiger partial charge in [-0.2, -0.15) is 0 Å². The van der Waals surface area contributed by atoms with E-state index in [1.165, 1.54) is 0 Å². The number of likely N-dealkylation sites (N-methyl/N-ethyl adjacent to an activating group) is 1. The number of nitrogens with zero attached hydrogens (tertiary/aromatic N) is 2. The fraction of sp³-hybridized carbons (Fsp3) is 1.00. The first-order chi connectivity index (χ1) is 6.16. The summed E-state index contributed by atoms with van der Waals surface area (Å²) in [5.41, 5.74) is 0. The van der Waals surface area contributed by atoms with Crippen molar-refractivity contribution in [3.63, 3.8) is 0 Å². The highest BCUT2D eigenvalue weighted by atomic mass is 19.1. The molecule has 76 valence electrons. The van der Waals surface area contributed by atoms with Gasteiger partial charge in [0, 0.05) is 25.7 Å². The molecule has 0 aromatic carbocycles. The number of likely N-dealkylation sites (tertiary alicyclic amines) is 2. The molecule has 13 heavy (non-hydrogen) atoms. The first kappa shape index (κ1) is 9.41. The van der Waals surface area contributed by atoms with Crippen LogP contribution in [0.5, 0.6) is 0 Å². The van der Waals surface area contributed by atoms with E-state index in [2.05, 4.69) is 16.8 Å². The minimum Gasteiger partial charge on any atom is -0.303 e. The summed E-state index contributed by atoms with van der Waals surface area (Å²) in [6.07, 6.45) is 0.432. The predicted molar refractivity (Wildman–Crippen MR) is 51.5 cm³/mol. The van der Waals surface area contributed by atoms with E-state index in [4.69, 9.17) is 0 Å². The van der Waals surface area contributed by atoms with Gasteiger partial charge in [0.15, 0.2) is 0 Å². The Bertz CT molecular complexity index is 180. The van der Waals surface area contributed by atoms with Gasteiger partial charge in [0.05, 0.1) is 0 Å². The maximum atomic E-state index is 13.4. The van der Waals surface area contributed by atoms with Gasteiger partial charge < -0.3 is 4.90 Å². The zero-order valence-corrected chi connectivity index (χ0v) is 8.54. The standard InChI is InChI=1S/C10H19FN2/c1-8-3-4-13(7-10(8)11)9-5-12(2)6-9/h8-10H,3-7H2,1-2H3/t8-,10-/m0/s1. The summed E-state index contributed by atoms with van der Waals surface area (Å²) in [7, 11) is 2.12. The Morgan fingerprint density at radius 2 is 1.92 bits per heavy atom. The predicted octanol–water partition coefficient (Wildman–Crippen LogP) is 0.980. The summed E-state index contributed by atoms with van der Waals surface area (Å²) < 4.78 is 13.4. The third kappa shape index (κ3) is 1.86. The number of piperidine rings is 1. The van der Waals surface area contributed by atoms with Crippen molar-refractivity contribution in [2.45, 2.75) is 25.6 Å². The number of alkyl halides is 1. The molecule has 2 saturated heterocycles. The smallest absolute Gasteiger partial charge is 0.115 e. The summed E-state index contributed by atoms with van der Waals surface area (Å²) in [6.45, 7) is 6.04. The van der Waals surface area contributed by atoms with E-state index in [0.29, 0.717) is 12.6 Å². The van der Waals surface area contributed by atoms with Crippen molar-refractivity contribution in [2.24, 2.45) is 5.92 Å². The van der Waals surface area contributed by atoms with Gasteiger partial charge in [-0.3, -0.25) is 4.90 Å². The molecule has 2 aliphatic rings. The van der Waals surface area contributed by atoms with Crippen LogP contribution in [0.1, 0.15) is 13.3 Å². The van der Waals surface area contributed by atoms with Gasteiger partial charge in [0.2, 0.25) is 0 Å². The molecular weight excluding hydrogens is 167 g/mol. The van der Waals surface area contributed by atoms with Crippen LogP contribution in [0.25, 0.3) is 0 Å². The van der Waals surface area contributed by atoms with Crippen molar-refractivity contribution >= 4 is 0 Å². The summed E-state index contributed by atoms with van der Waals surface area (Å²) in [5.74, 6) is 0.272. The minimum absolute atomic E-state index is 0.272. The largest absolute Gasteiger partial charge is 0.303 e. The first-order valence-corrected chi connectivity index (χ1v) is 5.23. The normalized spacial score (nSPS) is 39.0. The molecule has 0 radical (unpaired) electrons. The summed E-state index contributed by atoms with van der Waals surface area (Å²) >= 11 is 0. The Morgan fingerprint density at radius 1 is 1.23 bits per heavy atom. The van der Waals surface area contributed by atoms with Crippen molar-refractivity contribution in [3.8, 4) is 0 Å². The van der Waals surface area contributed by atoms with Crippen LogP contribution in [0, 0.1) is 5.92 Å². The van der Waals surface area contributed by atoms with E-state index >= 15 is 0 Å². The lowest BCUT2D eigenvalue weighted by atomic mass is 9.94. The minimum atomic E-state index is -0.598. The van der Waals surface area contributed by atoms with Crippen LogP contribution in [-0.4, -0.2) is 55.2 Å². The number of halogens is 1. The van der Waals surface area contributed by atoms with Crippen LogP contribution >= 0.6 is 0 Å². The Morgan fingerprint density at radius 3 is 2.46 bits per heavy atom. The van der Waals surface area contributed by atoms with Crippen LogP contribution in [0.3, 0.4) is 0 Å². The maximum absolute atomic E-state index is 13.4. The zero-order chi connectivity index (χ0) is 9.42. The van der Waals surface area contributed by atoms with Crippen molar-refractivity contribution in [1.82, 2.24) is 9.80 Å². The van der Waals surface area contributed by atoms with Crippen LogP contribution in [0.2, 0.25) is 0 Å². The van der Waals surface area contributed by atoms with Crippen molar-refractivity contribution in [1.29, 1.82) is 0 Å². The Hall–Kier alpha value is -0.150. The van der Waals surface area contributed by atoms with Gasteiger partial charge >= 0.3 is 0 Å². The highest BCUT2D eigenvalue weighted by Gasteiger charge is 2.34. The van der Waals surface area contributed by atoms with Gasteiger partial charge in [0.25, 0.3) is 0 Å². The third-order valence-electron chi connectivity index (χ3n) is 3.46. The molecule has 2 atom stereocenters. The molecule has 2 fully saturated rings. The van der Waals surface area contributed by atoms with Gasteiger partial charge in [0.1, 0.15) is 6.17 Å². The fourth-order valence-electron chi connectivity index (χ4n) is 2.27. The van der Waals surface area contributed by atoms with E-state index in [0.717, 1.165) is 26.1 Å². The van der Waals surface area contributed by atoms with Crippen LogP contribution < -0.4 is 0 Å². The van der Waals surface area contributed by atoms with Crippen molar-refractivity contribution in [3.05, 3.63) is 0 Å². The average molecular weight is 186 g/mol. The van der Waals surface area contributed by atoms with E-state index in [-0.39, 0.29) is 5.92 Å². The summed E-state index contributed by atoms with van der Waals surface area (Å²) in [6, 6.07) is 0.635.